The van der Waals surface area contributed by atoms with Gasteiger partial charge in [-0.3, -0.25) is 0 Å². The van der Waals surface area contributed by atoms with Gasteiger partial charge < -0.3 is 24.3 Å². The maximum absolute atomic E-state index is 6.06. The average Bonchev–Trinajstić information content (AvgIpc) is 3.10. The SMILES string of the molecule is CCCNCc1cc2c(cc1OC1CCOC1)OCO2. The van der Waals surface area contributed by atoms with E-state index in [1.807, 2.05) is 12.1 Å². The van der Waals surface area contributed by atoms with Crippen LogP contribution in [0.4, 0.5) is 0 Å². The van der Waals surface area contributed by atoms with Gasteiger partial charge in [0.1, 0.15) is 11.9 Å². The van der Waals surface area contributed by atoms with Gasteiger partial charge in [-0.1, -0.05) is 6.92 Å². The Morgan fingerprint density at radius 3 is 2.90 bits per heavy atom. The second-order valence-electron chi connectivity index (χ2n) is 5.09. The molecule has 2 heterocycles. The number of nitrogens with one attached hydrogen (secondary N) is 1. The van der Waals surface area contributed by atoms with Crippen molar-refractivity contribution in [1.29, 1.82) is 0 Å². The number of hydrogen-bond acceptors (Lipinski definition) is 5. The maximum Gasteiger partial charge on any atom is 0.231 e. The Bertz CT molecular complexity index is 457. The van der Waals surface area contributed by atoms with Crippen LogP contribution in [0, 0.1) is 0 Å². The Kier molecular flexibility index (Phi) is 4.28. The minimum absolute atomic E-state index is 0.139. The summed E-state index contributed by atoms with van der Waals surface area (Å²) in [7, 11) is 0. The predicted octanol–water partition coefficient (Wildman–Crippen LogP) is 2.08. The minimum atomic E-state index is 0.139. The highest BCUT2D eigenvalue weighted by Gasteiger charge is 2.22. The van der Waals surface area contributed by atoms with E-state index in [1.165, 1.54) is 0 Å². The second-order valence-corrected chi connectivity index (χ2v) is 5.09. The van der Waals surface area contributed by atoms with Gasteiger partial charge in [-0.15, -0.1) is 0 Å². The molecule has 110 valence electrons. The fourth-order valence-corrected chi connectivity index (χ4v) is 2.40. The quantitative estimate of drug-likeness (QED) is 0.808. The zero-order valence-electron chi connectivity index (χ0n) is 11.8. The third-order valence-electron chi connectivity index (χ3n) is 3.48. The summed E-state index contributed by atoms with van der Waals surface area (Å²) in [6, 6.07) is 3.94. The van der Waals surface area contributed by atoms with Crippen LogP contribution in [0.25, 0.3) is 0 Å². The highest BCUT2D eigenvalue weighted by atomic mass is 16.7. The van der Waals surface area contributed by atoms with E-state index in [2.05, 4.69) is 12.2 Å². The standard InChI is InChI=1S/C15H21NO4/c1-2-4-16-8-11-6-14-15(19-10-18-14)7-13(11)20-12-3-5-17-9-12/h6-7,12,16H,2-5,8-10H2,1H3. The summed E-state index contributed by atoms with van der Waals surface area (Å²) in [5.74, 6) is 2.43. The Hall–Kier alpha value is -1.46. The topological polar surface area (TPSA) is 49.0 Å². The molecule has 20 heavy (non-hydrogen) atoms. The Morgan fingerprint density at radius 1 is 1.30 bits per heavy atom. The molecule has 5 heteroatoms. The molecule has 2 aliphatic heterocycles. The summed E-state index contributed by atoms with van der Waals surface area (Å²) in [4.78, 5) is 0. The van der Waals surface area contributed by atoms with Gasteiger partial charge in [0.15, 0.2) is 11.5 Å². The molecule has 3 rings (SSSR count). The number of rotatable bonds is 6. The lowest BCUT2D eigenvalue weighted by atomic mass is 10.1. The average molecular weight is 279 g/mol. The third-order valence-corrected chi connectivity index (χ3v) is 3.48. The smallest absolute Gasteiger partial charge is 0.231 e. The Balaban J connectivity index is 1.77. The summed E-state index contributed by atoms with van der Waals surface area (Å²) < 4.78 is 22.3. The van der Waals surface area contributed by atoms with Crippen LogP contribution < -0.4 is 19.5 Å². The molecule has 1 saturated heterocycles. The number of hydrogen-bond donors (Lipinski definition) is 1. The molecule has 0 bridgehead atoms. The first-order chi connectivity index (χ1) is 9.86. The first kappa shape index (κ1) is 13.5. The number of ether oxygens (including phenoxy) is 4. The molecular formula is C15H21NO4. The van der Waals surface area contributed by atoms with Crippen LogP contribution in [0.3, 0.4) is 0 Å². The van der Waals surface area contributed by atoms with Gasteiger partial charge in [0.25, 0.3) is 0 Å². The third kappa shape index (κ3) is 2.99. The van der Waals surface area contributed by atoms with Crippen molar-refractivity contribution in [3.63, 3.8) is 0 Å². The molecule has 1 N–H and O–H groups in total. The van der Waals surface area contributed by atoms with Crippen LogP contribution in [0.1, 0.15) is 25.3 Å². The molecule has 0 radical (unpaired) electrons. The zero-order chi connectivity index (χ0) is 13.8. The summed E-state index contributed by atoms with van der Waals surface area (Å²) in [6.07, 6.45) is 2.19. The lowest BCUT2D eigenvalue weighted by Gasteiger charge is -2.16. The van der Waals surface area contributed by atoms with Crippen molar-refractivity contribution < 1.29 is 18.9 Å². The summed E-state index contributed by atoms with van der Waals surface area (Å²) in [6.45, 7) is 5.63. The molecule has 0 saturated carbocycles. The molecule has 1 unspecified atom stereocenters. The lowest BCUT2D eigenvalue weighted by molar-refractivity contribution is 0.140. The van der Waals surface area contributed by atoms with Crippen LogP contribution in [-0.2, 0) is 11.3 Å². The number of fused-ring (bicyclic) bond motifs is 1. The minimum Gasteiger partial charge on any atom is -0.487 e. The van der Waals surface area contributed by atoms with Crippen molar-refractivity contribution in [2.24, 2.45) is 0 Å². The predicted molar refractivity (Wildman–Crippen MR) is 74.4 cm³/mol. The van der Waals surface area contributed by atoms with Gasteiger partial charge in [-0.2, -0.15) is 0 Å². The maximum atomic E-state index is 6.06. The van der Waals surface area contributed by atoms with E-state index in [-0.39, 0.29) is 12.9 Å². The van der Waals surface area contributed by atoms with Crippen LogP contribution >= 0.6 is 0 Å². The fourth-order valence-electron chi connectivity index (χ4n) is 2.40. The molecule has 2 aliphatic rings. The summed E-state index contributed by atoms with van der Waals surface area (Å²) >= 11 is 0. The van der Waals surface area contributed by atoms with Crippen molar-refractivity contribution in [1.82, 2.24) is 5.32 Å². The Morgan fingerprint density at radius 2 is 2.15 bits per heavy atom. The molecule has 1 aromatic rings. The molecule has 1 aromatic carbocycles. The van der Waals surface area contributed by atoms with Crippen LogP contribution in [0.2, 0.25) is 0 Å². The van der Waals surface area contributed by atoms with Crippen LogP contribution in [0.5, 0.6) is 17.2 Å². The van der Waals surface area contributed by atoms with E-state index in [9.17, 15) is 0 Å². The Labute approximate surface area is 119 Å². The number of benzene rings is 1. The highest BCUT2D eigenvalue weighted by Crippen LogP contribution is 2.38. The van der Waals surface area contributed by atoms with E-state index in [4.69, 9.17) is 18.9 Å². The van der Waals surface area contributed by atoms with E-state index in [1.54, 1.807) is 0 Å². The van der Waals surface area contributed by atoms with Gasteiger partial charge >= 0.3 is 0 Å². The van der Waals surface area contributed by atoms with Crippen molar-refractivity contribution in [2.75, 3.05) is 26.6 Å². The molecule has 5 nitrogen and oxygen atoms in total. The van der Waals surface area contributed by atoms with Gasteiger partial charge in [-0.05, 0) is 19.0 Å². The normalized spacial score (nSPS) is 20.4. The fraction of sp³-hybridized carbons (Fsp3) is 0.600. The summed E-state index contributed by atoms with van der Waals surface area (Å²) in [5, 5.41) is 3.40. The van der Waals surface area contributed by atoms with Crippen molar-refractivity contribution in [3.8, 4) is 17.2 Å². The summed E-state index contributed by atoms with van der Waals surface area (Å²) in [5.41, 5.74) is 1.11. The first-order valence-corrected chi connectivity index (χ1v) is 7.24. The van der Waals surface area contributed by atoms with E-state index >= 15 is 0 Å². The van der Waals surface area contributed by atoms with Gasteiger partial charge in [-0.25, -0.2) is 0 Å². The zero-order valence-corrected chi connectivity index (χ0v) is 11.8. The van der Waals surface area contributed by atoms with Crippen molar-refractivity contribution in [3.05, 3.63) is 17.7 Å². The van der Waals surface area contributed by atoms with Crippen molar-refractivity contribution >= 4 is 0 Å². The molecule has 1 atom stereocenters. The van der Waals surface area contributed by atoms with Crippen molar-refractivity contribution in [2.45, 2.75) is 32.4 Å². The highest BCUT2D eigenvalue weighted by molar-refractivity contribution is 5.52. The molecule has 0 aliphatic carbocycles. The van der Waals surface area contributed by atoms with Crippen LogP contribution in [0.15, 0.2) is 12.1 Å². The lowest BCUT2D eigenvalue weighted by Crippen LogP contribution is -2.19. The molecular weight excluding hydrogens is 258 g/mol. The first-order valence-electron chi connectivity index (χ1n) is 7.24. The second kappa shape index (κ2) is 6.33. The van der Waals surface area contributed by atoms with Gasteiger partial charge in [0.05, 0.1) is 13.2 Å². The molecule has 0 spiro atoms. The monoisotopic (exact) mass is 279 g/mol. The largest absolute Gasteiger partial charge is 0.487 e. The van der Waals surface area contributed by atoms with Gasteiger partial charge in [0, 0.05) is 24.6 Å². The van der Waals surface area contributed by atoms with E-state index in [0.717, 1.165) is 55.4 Å². The molecule has 0 aromatic heterocycles. The molecule has 0 amide bonds. The molecule has 1 fully saturated rings. The van der Waals surface area contributed by atoms with Crippen LogP contribution in [-0.4, -0.2) is 32.7 Å². The van der Waals surface area contributed by atoms with E-state index in [0.29, 0.717) is 6.61 Å². The van der Waals surface area contributed by atoms with E-state index < -0.39 is 0 Å². The van der Waals surface area contributed by atoms with Gasteiger partial charge in [0.2, 0.25) is 6.79 Å².